The van der Waals surface area contributed by atoms with Gasteiger partial charge in [-0.1, -0.05) is 25.5 Å². The van der Waals surface area contributed by atoms with Crippen LogP contribution in [0.15, 0.2) is 30.0 Å². The van der Waals surface area contributed by atoms with Gasteiger partial charge in [-0.25, -0.2) is 4.98 Å². The van der Waals surface area contributed by atoms with Crippen molar-refractivity contribution in [1.29, 1.82) is 5.26 Å². The maximum Gasteiger partial charge on any atom is 0.155 e. The lowest BCUT2D eigenvalue weighted by Gasteiger charge is -2.07. The van der Waals surface area contributed by atoms with Crippen LogP contribution in [0.1, 0.15) is 38.9 Å². The summed E-state index contributed by atoms with van der Waals surface area (Å²) in [6.45, 7) is 4.78. The van der Waals surface area contributed by atoms with Crippen LogP contribution in [0.2, 0.25) is 0 Å². The SMILES string of the molecule is CCCCC(O)=C(C#N)c1nc2ccccc2n1CC. The van der Waals surface area contributed by atoms with E-state index in [1.807, 2.05) is 35.8 Å². The van der Waals surface area contributed by atoms with E-state index in [-0.39, 0.29) is 11.3 Å². The number of aromatic nitrogens is 2. The van der Waals surface area contributed by atoms with E-state index in [1.165, 1.54) is 0 Å². The predicted molar refractivity (Wildman–Crippen MR) is 80.1 cm³/mol. The van der Waals surface area contributed by atoms with E-state index in [0.717, 1.165) is 23.9 Å². The molecule has 1 aromatic carbocycles. The monoisotopic (exact) mass is 269 g/mol. The Morgan fingerprint density at radius 1 is 1.35 bits per heavy atom. The Balaban J connectivity index is 2.58. The topological polar surface area (TPSA) is 61.8 Å². The van der Waals surface area contributed by atoms with Gasteiger partial charge in [0.15, 0.2) is 5.82 Å². The number of nitrogens with zero attached hydrogens (tertiary/aromatic N) is 3. The van der Waals surface area contributed by atoms with E-state index >= 15 is 0 Å². The van der Waals surface area contributed by atoms with Crippen molar-refractivity contribution < 1.29 is 5.11 Å². The smallest absolute Gasteiger partial charge is 0.155 e. The summed E-state index contributed by atoms with van der Waals surface area (Å²) in [5.74, 6) is 0.698. The van der Waals surface area contributed by atoms with Gasteiger partial charge in [0.2, 0.25) is 0 Å². The van der Waals surface area contributed by atoms with Crippen LogP contribution in [0, 0.1) is 11.3 Å². The number of imidazole rings is 1. The number of aliphatic hydroxyl groups is 1. The molecule has 0 saturated heterocycles. The third-order valence-corrected chi connectivity index (χ3v) is 3.36. The van der Waals surface area contributed by atoms with E-state index < -0.39 is 0 Å². The fourth-order valence-electron chi connectivity index (χ4n) is 2.30. The lowest BCUT2D eigenvalue weighted by atomic mass is 10.1. The average Bonchev–Trinajstić information content (AvgIpc) is 2.84. The summed E-state index contributed by atoms with van der Waals surface area (Å²) in [6.07, 6.45) is 2.36. The summed E-state index contributed by atoms with van der Waals surface area (Å²) in [7, 11) is 0. The normalized spacial score (nSPS) is 12.2. The molecule has 2 aromatic rings. The number of hydrogen-bond acceptors (Lipinski definition) is 3. The summed E-state index contributed by atoms with van der Waals surface area (Å²) >= 11 is 0. The second-order valence-corrected chi connectivity index (χ2v) is 4.71. The van der Waals surface area contributed by atoms with Crippen LogP contribution in [0.4, 0.5) is 0 Å². The summed E-state index contributed by atoms with van der Waals surface area (Å²) in [4.78, 5) is 4.51. The molecule has 0 atom stereocenters. The first-order valence-electron chi connectivity index (χ1n) is 7.00. The maximum absolute atomic E-state index is 10.1. The second kappa shape index (κ2) is 6.25. The molecule has 0 saturated carbocycles. The van der Waals surface area contributed by atoms with E-state index in [0.29, 0.717) is 18.8 Å². The zero-order chi connectivity index (χ0) is 14.5. The van der Waals surface area contributed by atoms with Crippen molar-refractivity contribution >= 4 is 16.6 Å². The molecule has 0 fully saturated rings. The van der Waals surface area contributed by atoms with Gasteiger partial charge in [-0.05, 0) is 25.5 Å². The van der Waals surface area contributed by atoms with E-state index in [1.54, 1.807) is 0 Å². The standard InChI is InChI=1S/C16H19N3O/c1-3-5-10-15(20)12(11-17)16-18-13-8-6-7-9-14(13)19(16)4-2/h6-9,20H,3-5,10H2,1-2H3. The number of nitriles is 1. The van der Waals surface area contributed by atoms with Crippen LogP contribution >= 0.6 is 0 Å². The molecule has 20 heavy (non-hydrogen) atoms. The van der Waals surface area contributed by atoms with Gasteiger partial charge in [0, 0.05) is 13.0 Å². The summed E-state index contributed by atoms with van der Waals surface area (Å²) in [5.41, 5.74) is 2.12. The number of fused-ring (bicyclic) bond motifs is 1. The first kappa shape index (κ1) is 14.1. The third-order valence-electron chi connectivity index (χ3n) is 3.36. The lowest BCUT2D eigenvalue weighted by Crippen LogP contribution is -2.02. The molecule has 4 nitrogen and oxygen atoms in total. The number of rotatable bonds is 5. The number of aryl methyl sites for hydroxylation is 1. The average molecular weight is 269 g/mol. The van der Waals surface area contributed by atoms with Gasteiger partial charge in [-0.15, -0.1) is 0 Å². The Kier molecular flexibility index (Phi) is 4.41. The van der Waals surface area contributed by atoms with Crippen molar-refractivity contribution in [2.24, 2.45) is 0 Å². The van der Waals surface area contributed by atoms with Gasteiger partial charge in [0.1, 0.15) is 17.4 Å². The molecular weight excluding hydrogens is 250 g/mol. The van der Waals surface area contributed by atoms with Crippen molar-refractivity contribution in [1.82, 2.24) is 9.55 Å². The molecule has 0 aliphatic carbocycles. The molecular formula is C16H19N3O. The Morgan fingerprint density at radius 2 is 2.10 bits per heavy atom. The number of allylic oxidation sites excluding steroid dienone is 2. The number of unbranched alkanes of at least 4 members (excludes halogenated alkanes) is 1. The van der Waals surface area contributed by atoms with Crippen molar-refractivity contribution in [3.8, 4) is 6.07 Å². The summed E-state index contributed by atoms with van der Waals surface area (Å²) in [6, 6.07) is 9.88. The van der Waals surface area contributed by atoms with E-state index in [4.69, 9.17) is 0 Å². The van der Waals surface area contributed by atoms with Crippen LogP contribution in [0.3, 0.4) is 0 Å². The fraction of sp³-hybridized carbons (Fsp3) is 0.375. The predicted octanol–water partition coefficient (Wildman–Crippen LogP) is 4.04. The van der Waals surface area contributed by atoms with Gasteiger partial charge in [0.25, 0.3) is 0 Å². The number of benzene rings is 1. The Hall–Kier alpha value is -2.28. The molecule has 0 aliphatic rings. The number of para-hydroxylation sites is 2. The van der Waals surface area contributed by atoms with Gasteiger partial charge in [0.05, 0.1) is 11.0 Å². The molecule has 2 rings (SSSR count). The highest BCUT2D eigenvalue weighted by molar-refractivity contribution is 5.83. The minimum atomic E-state index is 0.138. The maximum atomic E-state index is 10.1. The molecule has 104 valence electrons. The minimum Gasteiger partial charge on any atom is -0.511 e. The molecule has 0 aliphatic heterocycles. The van der Waals surface area contributed by atoms with Crippen LogP contribution in [-0.2, 0) is 6.54 Å². The molecule has 0 unspecified atom stereocenters. The van der Waals surface area contributed by atoms with Crippen LogP contribution in [-0.4, -0.2) is 14.7 Å². The molecule has 0 bridgehead atoms. The van der Waals surface area contributed by atoms with Crippen molar-refractivity contribution in [2.75, 3.05) is 0 Å². The van der Waals surface area contributed by atoms with Crippen molar-refractivity contribution in [2.45, 2.75) is 39.7 Å². The zero-order valence-corrected chi connectivity index (χ0v) is 11.9. The molecule has 0 radical (unpaired) electrons. The fourth-order valence-corrected chi connectivity index (χ4v) is 2.30. The Bertz CT molecular complexity index is 677. The first-order valence-corrected chi connectivity index (χ1v) is 7.00. The molecule has 4 heteroatoms. The number of aliphatic hydroxyl groups excluding tert-OH is 1. The lowest BCUT2D eigenvalue weighted by molar-refractivity contribution is 0.386. The highest BCUT2D eigenvalue weighted by atomic mass is 16.3. The third kappa shape index (κ3) is 2.53. The molecule has 1 heterocycles. The first-order chi connectivity index (χ1) is 9.72. The summed E-state index contributed by atoms with van der Waals surface area (Å²) in [5, 5.41) is 19.5. The van der Waals surface area contributed by atoms with Crippen molar-refractivity contribution in [3.05, 3.63) is 35.8 Å². The largest absolute Gasteiger partial charge is 0.511 e. The van der Waals surface area contributed by atoms with Crippen LogP contribution in [0.5, 0.6) is 0 Å². The van der Waals surface area contributed by atoms with Gasteiger partial charge < -0.3 is 9.67 Å². The van der Waals surface area contributed by atoms with Crippen LogP contribution < -0.4 is 0 Å². The Labute approximate surface area is 119 Å². The van der Waals surface area contributed by atoms with Gasteiger partial charge in [-0.3, -0.25) is 0 Å². The van der Waals surface area contributed by atoms with Crippen LogP contribution in [0.25, 0.3) is 16.6 Å². The molecule has 1 aromatic heterocycles. The molecule has 0 amide bonds. The molecule has 0 spiro atoms. The van der Waals surface area contributed by atoms with Gasteiger partial charge in [-0.2, -0.15) is 5.26 Å². The zero-order valence-electron chi connectivity index (χ0n) is 11.9. The Morgan fingerprint density at radius 3 is 2.75 bits per heavy atom. The van der Waals surface area contributed by atoms with E-state index in [9.17, 15) is 10.4 Å². The van der Waals surface area contributed by atoms with Gasteiger partial charge >= 0.3 is 0 Å². The molecule has 1 N–H and O–H groups in total. The highest BCUT2D eigenvalue weighted by Crippen LogP contribution is 2.24. The number of hydrogen-bond donors (Lipinski definition) is 1. The highest BCUT2D eigenvalue weighted by Gasteiger charge is 2.16. The quantitative estimate of drug-likeness (QED) is 0.658. The second-order valence-electron chi connectivity index (χ2n) is 4.71. The summed E-state index contributed by atoms with van der Waals surface area (Å²) < 4.78 is 1.97. The van der Waals surface area contributed by atoms with Crippen molar-refractivity contribution in [3.63, 3.8) is 0 Å². The van der Waals surface area contributed by atoms with E-state index in [2.05, 4.69) is 18.0 Å². The minimum absolute atomic E-state index is 0.138.